The molecule has 1 aliphatic heterocycles. The van der Waals surface area contributed by atoms with E-state index < -0.39 is 0 Å². The van der Waals surface area contributed by atoms with Crippen LogP contribution >= 0.6 is 0 Å². The van der Waals surface area contributed by atoms with E-state index in [0.717, 1.165) is 32.5 Å². The molecule has 2 heterocycles. The van der Waals surface area contributed by atoms with E-state index in [9.17, 15) is 0 Å². The number of rotatable bonds is 4. The van der Waals surface area contributed by atoms with Crippen LogP contribution in [-0.2, 0) is 0 Å². The SMILES string of the molecule is CC(=Cc1ccccc1)CN1CCC(n2cncn2)CC1. The summed E-state index contributed by atoms with van der Waals surface area (Å²) in [5.41, 5.74) is 2.70. The number of hydrogen-bond donors (Lipinski definition) is 0. The van der Waals surface area contributed by atoms with Gasteiger partial charge in [-0.2, -0.15) is 5.10 Å². The van der Waals surface area contributed by atoms with Gasteiger partial charge in [0.25, 0.3) is 0 Å². The van der Waals surface area contributed by atoms with Crippen LogP contribution in [0.1, 0.15) is 31.4 Å². The zero-order valence-electron chi connectivity index (χ0n) is 12.5. The fourth-order valence-corrected chi connectivity index (χ4v) is 2.98. The molecule has 1 aromatic heterocycles. The van der Waals surface area contributed by atoms with Crippen molar-refractivity contribution in [2.24, 2.45) is 0 Å². The molecule has 0 bridgehead atoms. The molecule has 3 rings (SSSR count). The summed E-state index contributed by atoms with van der Waals surface area (Å²) in [6.45, 7) is 5.53. The Morgan fingerprint density at radius 3 is 2.67 bits per heavy atom. The molecule has 1 saturated heterocycles. The predicted octanol–water partition coefficient (Wildman–Crippen LogP) is 3.02. The molecular formula is C17H22N4. The summed E-state index contributed by atoms with van der Waals surface area (Å²) in [4.78, 5) is 6.57. The number of likely N-dealkylation sites (tertiary alicyclic amines) is 1. The highest BCUT2D eigenvalue weighted by Gasteiger charge is 2.20. The van der Waals surface area contributed by atoms with Crippen molar-refractivity contribution in [1.82, 2.24) is 19.7 Å². The molecule has 4 nitrogen and oxygen atoms in total. The van der Waals surface area contributed by atoms with Crippen molar-refractivity contribution in [3.05, 3.63) is 54.1 Å². The van der Waals surface area contributed by atoms with E-state index in [1.807, 2.05) is 11.0 Å². The standard InChI is InChI=1S/C17H22N4/c1-15(11-16-5-3-2-4-6-16)12-20-9-7-17(8-10-20)21-14-18-13-19-21/h2-6,11,13-14,17H,7-10,12H2,1H3. The number of benzene rings is 1. The number of aromatic nitrogens is 3. The highest BCUT2D eigenvalue weighted by Crippen LogP contribution is 2.21. The minimum Gasteiger partial charge on any atom is -0.299 e. The summed E-state index contributed by atoms with van der Waals surface area (Å²) >= 11 is 0. The molecule has 21 heavy (non-hydrogen) atoms. The third kappa shape index (κ3) is 3.79. The summed E-state index contributed by atoms with van der Waals surface area (Å²) in [5.74, 6) is 0. The highest BCUT2D eigenvalue weighted by molar-refractivity contribution is 5.52. The first-order valence-electron chi connectivity index (χ1n) is 7.60. The quantitative estimate of drug-likeness (QED) is 0.864. The second kappa shape index (κ2) is 6.68. The topological polar surface area (TPSA) is 34.0 Å². The maximum Gasteiger partial charge on any atom is 0.137 e. The van der Waals surface area contributed by atoms with Crippen LogP contribution in [0.15, 0.2) is 48.6 Å². The molecule has 0 saturated carbocycles. The van der Waals surface area contributed by atoms with Crippen molar-refractivity contribution < 1.29 is 0 Å². The second-order valence-corrected chi connectivity index (χ2v) is 5.78. The Morgan fingerprint density at radius 1 is 1.24 bits per heavy atom. The van der Waals surface area contributed by atoms with Gasteiger partial charge in [0, 0.05) is 19.6 Å². The van der Waals surface area contributed by atoms with Gasteiger partial charge < -0.3 is 0 Å². The van der Waals surface area contributed by atoms with Gasteiger partial charge in [0.15, 0.2) is 0 Å². The Labute approximate surface area is 126 Å². The first-order valence-corrected chi connectivity index (χ1v) is 7.60. The molecule has 0 atom stereocenters. The summed E-state index contributed by atoms with van der Waals surface area (Å²) < 4.78 is 2.00. The maximum atomic E-state index is 4.26. The summed E-state index contributed by atoms with van der Waals surface area (Å²) in [7, 11) is 0. The Hall–Kier alpha value is -1.94. The summed E-state index contributed by atoms with van der Waals surface area (Å²) in [6.07, 6.45) is 8.05. The van der Waals surface area contributed by atoms with E-state index in [0.29, 0.717) is 6.04 Å². The summed E-state index contributed by atoms with van der Waals surface area (Å²) in [6, 6.07) is 11.1. The van der Waals surface area contributed by atoms with Gasteiger partial charge in [-0.3, -0.25) is 4.90 Å². The molecule has 1 aromatic carbocycles. The van der Waals surface area contributed by atoms with Crippen LogP contribution in [0.5, 0.6) is 0 Å². The van der Waals surface area contributed by atoms with Gasteiger partial charge in [-0.15, -0.1) is 0 Å². The van der Waals surface area contributed by atoms with Gasteiger partial charge in [-0.05, 0) is 25.3 Å². The van der Waals surface area contributed by atoms with Gasteiger partial charge in [0.05, 0.1) is 6.04 Å². The van der Waals surface area contributed by atoms with Crippen LogP contribution in [0.25, 0.3) is 6.08 Å². The maximum absolute atomic E-state index is 4.26. The Bertz CT molecular complexity index is 566. The van der Waals surface area contributed by atoms with Crippen molar-refractivity contribution in [1.29, 1.82) is 0 Å². The molecular weight excluding hydrogens is 260 g/mol. The Kier molecular flexibility index (Phi) is 4.46. The predicted molar refractivity (Wildman–Crippen MR) is 84.8 cm³/mol. The molecule has 1 fully saturated rings. The van der Waals surface area contributed by atoms with E-state index in [4.69, 9.17) is 0 Å². The highest BCUT2D eigenvalue weighted by atomic mass is 15.3. The Morgan fingerprint density at radius 2 is 2.00 bits per heavy atom. The zero-order valence-corrected chi connectivity index (χ0v) is 12.5. The fraction of sp³-hybridized carbons (Fsp3) is 0.412. The third-order valence-electron chi connectivity index (χ3n) is 4.05. The molecule has 0 unspecified atom stereocenters. The fourth-order valence-electron chi connectivity index (χ4n) is 2.98. The van der Waals surface area contributed by atoms with Crippen LogP contribution in [0.2, 0.25) is 0 Å². The van der Waals surface area contributed by atoms with Crippen molar-refractivity contribution in [3.63, 3.8) is 0 Å². The normalized spacial score (nSPS) is 18.0. The van der Waals surface area contributed by atoms with Gasteiger partial charge in [0.1, 0.15) is 12.7 Å². The zero-order chi connectivity index (χ0) is 14.5. The van der Waals surface area contributed by atoms with Crippen molar-refractivity contribution in [2.45, 2.75) is 25.8 Å². The first-order chi connectivity index (χ1) is 10.3. The van der Waals surface area contributed by atoms with Crippen LogP contribution in [0, 0.1) is 0 Å². The van der Waals surface area contributed by atoms with Crippen molar-refractivity contribution >= 4 is 6.08 Å². The lowest BCUT2D eigenvalue weighted by molar-refractivity contribution is 0.192. The lowest BCUT2D eigenvalue weighted by atomic mass is 10.0. The molecule has 110 valence electrons. The number of piperidine rings is 1. The molecule has 0 radical (unpaired) electrons. The average molecular weight is 282 g/mol. The van der Waals surface area contributed by atoms with Gasteiger partial charge in [0.2, 0.25) is 0 Å². The minimum atomic E-state index is 0.516. The third-order valence-corrected chi connectivity index (χ3v) is 4.05. The molecule has 0 spiro atoms. The molecule has 2 aromatic rings. The van der Waals surface area contributed by atoms with E-state index in [-0.39, 0.29) is 0 Å². The smallest absolute Gasteiger partial charge is 0.137 e. The van der Waals surface area contributed by atoms with E-state index in [1.165, 1.54) is 11.1 Å². The average Bonchev–Trinajstić information content (AvgIpc) is 3.03. The Balaban J connectivity index is 1.52. The first kappa shape index (κ1) is 14.0. The van der Waals surface area contributed by atoms with Crippen LogP contribution < -0.4 is 0 Å². The van der Waals surface area contributed by atoms with E-state index in [2.05, 4.69) is 58.3 Å². The van der Waals surface area contributed by atoms with Gasteiger partial charge in [-0.1, -0.05) is 42.0 Å². The van der Waals surface area contributed by atoms with Crippen LogP contribution in [-0.4, -0.2) is 39.3 Å². The van der Waals surface area contributed by atoms with E-state index in [1.54, 1.807) is 6.33 Å². The van der Waals surface area contributed by atoms with Crippen LogP contribution in [0.3, 0.4) is 0 Å². The van der Waals surface area contributed by atoms with Crippen LogP contribution in [0.4, 0.5) is 0 Å². The monoisotopic (exact) mass is 282 g/mol. The van der Waals surface area contributed by atoms with Gasteiger partial charge >= 0.3 is 0 Å². The van der Waals surface area contributed by atoms with Crippen molar-refractivity contribution in [2.75, 3.05) is 19.6 Å². The molecule has 1 aliphatic rings. The largest absolute Gasteiger partial charge is 0.299 e. The second-order valence-electron chi connectivity index (χ2n) is 5.78. The number of hydrogen-bond acceptors (Lipinski definition) is 3. The lowest BCUT2D eigenvalue weighted by Crippen LogP contribution is -2.35. The number of nitrogens with zero attached hydrogens (tertiary/aromatic N) is 4. The summed E-state index contributed by atoms with van der Waals surface area (Å²) in [5, 5.41) is 4.26. The molecule has 0 N–H and O–H groups in total. The minimum absolute atomic E-state index is 0.516. The van der Waals surface area contributed by atoms with E-state index >= 15 is 0 Å². The lowest BCUT2D eigenvalue weighted by Gasteiger charge is -2.32. The van der Waals surface area contributed by atoms with Crippen molar-refractivity contribution in [3.8, 4) is 0 Å². The molecule has 4 heteroatoms. The van der Waals surface area contributed by atoms with Gasteiger partial charge in [-0.25, -0.2) is 9.67 Å². The molecule has 0 aliphatic carbocycles. The molecule has 0 amide bonds.